The smallest absolute Gasteiger partial charge is 0.256 e. The van der Waals surface area contributed by atoms with E-state index in [1.54, 1.807) is 12.1 Å². The summed E-state index contributed by atoms with van der Waals surface area (Å²) in [5.74, 6) is -2.65. The Morgan fingerprint density at radius 1 is 1.21 bits per heavy atom. The third kappa shape index (κ3) is 3.13. The van der Waals surface area contributed by atoms with Gasteiger partial charge < -0.3 is 5.32 Å². The van der Waals surface area contributed by atoms with E-state index in [0.29, 0.717) is 9.37 Å². The number of halogens is 3. The van der Waals surface area contributed by atoms with Crippen LogP contribution in [0.5, 0.6) is 0 Å². The Morgan fingerprint density at radius 3 is 2.68 bits per heavy atom. The quantitative estimate of drug-likeness (QED) is 0.783. The van der Waals surface area contributed by atoms with Gasteiger partial charge in [-0.3, -0.25) is 4.79 Å². The number of carbonyl (C=O) groups excluding carboxylic acids is 1. The minimum absolute atomic E-state index is 0.207. The van der Waals surface area contributed by atoms with Crippen LogP contribution in [0.1, 0.15) is 10.4 Å². The molecule has 6 heteroatoms. The zero-order valence-electron chi connectivity index (χ0n) is 9.45. The molecule has 2 rings (SSSR count). The first-order valence-electron chi connectivity index (χ1n) is 5.23. The molecule has 98 valence electrons. The van der Waals surface area contributed by atoms with Crippen LogP contribution in [0.2, 0.25) is 0 Å². The number of amides is 1. The van der Waals surface area contributed by atoms with Gasteiger partial charge in [-0.25, -0.2) is 8.78 Å². The number of carbonyl (C=O) groups is 1. The van der Waals surface area contributed by atoms with Crippen LogP contribution in [0.25, 0.3) is 0 Å². The molecule has 2 nitrogen and oxygen atoms in total. The summed E-state index contributed by atoms with van der Waals surface area (Å²) in [5, 5.41) is 2.32. The van der Waals surface area contributed by atoms with Gasteiger partial charge in [0.2, 0.25) is 0 Å². The van der Waals surface area contributed by atoms with Gasteiger partial charge in [0.15, 0.2) is 11.6 Å². The Morgan fingerprint density at radius 2 is 1.95 bits per heavy atom. The highest BCUT2D eigenvalue weighted by molar-refractivity contribution is 9.10. The largest absolute Gasteiger partial charge is 0.319 e. The van der Waals surface area contributed by atoms with Gasteiger partial charge in [0.1, 0.15) is 0 Å². The van der Waals surface area contributed by atoms with E-state index in [1.807, 2.05) is 0 Å². The molecule has 0 aliphatic rings. The molecule has 1 N–H and O–H groups in total. The summed E-state index contributed by atoms with van der Waals surface area (Å²) in [4.78, 5) is 12.6. The lowest BCUT2D eigenvalue weighted by Gasteiger charge is -2.08. The summed E-state index contributed by atoms with van der Waals surface area (Å²) in [6.07, 6.45) is 0. The van der Waals surface area contributed by atoms with Crippen molar-refractivity contribution < 1.29 is 13.6 Å². The lowest BCUT2D eigenvalue weighted by Crippen LogP contribution is -2.14. The summed E-state index contributed by atoms with van der Waals surface area (Å²) in [6, 6.07) is 8.47. The van der Waals surface area contributed by atoms with Crippen LogP contribution in [-0.4, -0.2) is 5.91 Å². The SMILES string of the molecule is O=C(Nc1cccc(F)c1F)c1cc(S)ccc1Br. The van der Waals surface area contributed by atoms with Crippen LogP contribution < -0.4 is 5.32 Å². The highest BCUT2D eigenvalue weighted by Crippen LogP contribution is 2.23. The molecule has 0 saturated heterocycles. The van der Waals surface area contributed by atoms with E-state index in [-0.39, 0.29) is 11.3 Å². The van der Waals surface area contributed by atoms with E-state index >= 15 is 0 Å². The van der Waals surface area contributed by atoms with Crippen LogP contribution in [0.4, 0.5) is 14.5 Å². The van der Waals surface area contributed by atoms with Gasteiger partial charge in [-0.2, -0.15) is 0 Å². The standard InChI is InChI=1S/C13H8BrF2NOS/c14-9-5-4-7(19)6-8(9)13(18)17-11-3-1-2-10(15)12(11)16/h1-6,19H,(H,17,18). The van der Waals surface area contributed by atoms with Crippen LogP contribution in [-0.2, 0) is 0 Å². The molecule has 0 radical (unpaired) electrons. The third-order valence-electron chi connectivity index (χ3n) is 2.39. The fourth-order valence-corrected chi connectivity index (χ4v) is 2.11. The van der Waals surface area contributed by atoms with Gasteiger partial charge in [-0.15, -0.1) is 12.6 Å². The molecule has 0 unspecified atom stereocenters. The lowest BCUT2D eigenvalue weighted by atomic mass is 10.2. The van der Waals surface area contributed by atoms with E-state index in [0.717, 1.165) is 6.07 Å². The summed E-state index contributed by atoms with van der Waals surface area (Å²) in [6.45, 7) is 0. The fraction of sp³-hybridized carbons (Fsp3) is 0. The Kier molecular flexibility index (Phi) is 4.21. The molecule has 0 saturated carbocycles. The Hall–Kier alpha value is -1.40. The normalized spacial score (nSPS) is 10.3. The van der Waals surface area contributed by atoms with Gasteiger partial charge in [0.25, 0.3) is 5.91 Å². The zero-order chi connectivity index (χ0) is 14.0. The van der Waals surface area contributed by atoms with Gasteiger partial charge in [0, 0.05) is 9.37 Å². The molecule has 0 aromatic heterocycles. The number of hydrogen-bond donors (Lipinski definition) is 2. The van der Waals surface area contributed by atoms with Crippen molar-refractivity contribution in [2.75, 3.05) is 5.32 Å². The molecule has 0 spiro atoms. The lowest BCUT2D eigenvalue weighted by molar-refractivity contribution is 0.102. The fourth-order valence-electron chi connectivity index (χ4n) is 1.48. The number of rotatable bonds is 2. The van der Waals surface area contributed by atoms with Crippen molar-refractivity contribution in [3.05, 3.63) is 58.1 Å². The first kappa shape index (κ1) is 14.0. The minimum Gasteiger partial charge on any atom is -0.319 e. The van der Waals surface area contributed by atoms with E-state index in [4.69, 9.17) is 0 Å². The van der Waals surface area contributed by atoms with Crippen molar-refractivity contribution in [2.45, 2.75) is 4.90 Å². The molecule has 0 fully saturated rings. The summed E-state index contributed by atoms with van der Waals surface area (Å²) < 4.78 is 27.0. The maximum Gasteiger partial charge on any atom is 0.256 e. The predicted octanol–water partition coefficient (Wildman–Crippen LogP) is 4.27. The van der Waals surface area contributed by atoms with Gasteiger partial charge in [-0.1, -0.05) is 6.07 Å². The maximum atomic E-state index is 13.4. The Balaban J connectivity index is 2.31. The van der Waals surface area contributed by atoms with Gasteiger partial charge in [0.05, 0.1) is 11.3 Å². The minimum atomic E-state index is -1.09. The number of hydrogen-bond acceptors (Lipinski definition) is 2. The molecule has 2 aromatic carbocycles. The van der Waals surface area contributed by atoms with Crippen molar-refractivity contribution in [1.29, 1.82) is 0 Å². The van der Waals surface area contributed by atoms with Crippen molar-refractivity contribution in [3.8, 4) is 0 Å². The van der Waals surface area contributed by atoms with Crippen molar-refractivity contribution in [3.63, 3.8) is 0 Å². The van der Waals surface area contributed by atoms with Crippen molar-refractivity contribution in [1.82, 2.24) is 0 Å². The van der Waals surface area contributed by atoms with Crippen LogP contribution >= 0.6 is 28.6 Å². The average Bonchev–Trinajstić information content (AvgIpc) is 2.38. The topological polar surface area (TPSA) is 29.1 Å². The molecule has 2 aromatic rings. The van der Waals surface area contributed by atoms with Crippen LogP contribution in [0.3, 0.4) is 0 Å². The molecule has 0 atom stereocenters. The second-order valence-corrected chi connectivity index (χ2v) is 5.09. The number of nitrogens with one attached hydrogen (secondary N) is 1. The third-order valence-corrected chi connectivity index (χ3v) is 3.36. The van der Waals surface area contributed by atoms with Crippen LogP contribution in [0.15, 0.2) is 45.8 Å². The highest BCUT2D eigenvalue weighted by Gasteiger charge is 2.14. The summed E-state index contributed by atoms with van der Waals surface area (Å²) >= 11 is 7.34. The van der Waals surface area contributed by atoms with E-state index in [1.165, 1.54) is 18.2 Å². The molecular formula is C13H8BrF2NOS. The predicted molar refractivity (Wildman–Crippen MR) is 75.7 cm³/mol. The summed E-state index contributed by atoms with van der Waals surface area (Å²) in [5.41, 5.74) is 0.0811. The second kappa shape index (κ2) is 5.71. The number of anilines is 1. The molecule has 19 heavy (non-hydrogen) atoms. The highest BCUT2D eigenvalue weighted by atomic mass is 79.9. The molecule has 0 bridgehead atoms. The Labute approximate surface area is 122 Å². The monoisotopic (exact) mass is 343 g/mol. The molecular weight excluding hydrogens is 336 g/mol. The van der Waals surface area contributed by atoms with Crippen LogP contribution in [0, 0.1) is 11.6 Å². The van der Waals surface area contributed by atoms with Crippen molar-refractivity contribution in [2.24, 2.45) is 0 Å². The zero-order valence-corrected chi connectivity index (χ0v) is 11.9. The molecule has 0 aliphatic carbocycles. The van der Waals surface area contributed by atoms with E-state index < -0.39 is 17.5 Å². The molecule has 0 aliphatic heterocycles. The Bertz CT molecular complexity index is 649. The number of benzene rings is 2. The first-order valence-corrected chi connectivity index (χ1v) is 6.47. The van der Waals surface area contributed by atoms with Gasteiger partial charge >= 0.3 is 0 Å². The summed E-state index contributed by atoms with van der Waals surface area (Å²) in [7, 11) is 0. The first-order chi connectivity index (χ1) is 8.99. The average molecular weight is 344 g/mol. The molecule has 0 heterocycles. The van der Waals surface area contributed by atoms with Gasteiger partial charge in [-0.05, 0) is 46.3 Å². The van der Waals surface area contributed by atoms with Crippen molar-refractivity contribution >= 4 is 40.2 Å². The maximum absolute atomic E-state index is 13.4. The number of thiol groups is 1. The van der Waals surface area contributed by atoms with E-state index in [2.05, 4.69) is 33.9 Å². The van der Waals surface area contributed by atoms with E-state index in [9.17, 15) is 13.6 Å². The molecule has 1 amide bonds. The second-order valence-electron chi connectivity index (χ2n) is 3.72.